The van der Waals surface area contributed by atoms with Crippen molar-refractivity contribution in [2.24, 2.45) is 17.8 Å². The monoisotopic (exact) mass is 255 g/mol. The van der Waals surface area contributed by atoms with E-state index in [0.29, 0.717) is 5.92 Å². The van der Waals surface area contributed by atoms with Crippen molar-refractivity contribution >= 4 is 12.1 Å². The highest BCUT2D eigenvalue weighted by Crippen LogP contribution is 2.48. The van der Waals surface area contributed by atoms with Crippen LogP contribution in [0, 0.1) is 17.8 Å². The number of ether oxygens (including phenoxy) is 1. The number of carboxylic acids is 1. The minimum absolute atomic E-state index is 0.215. The number of rotatable bonds is 2. The molecular weight excluding hydrogens is 234 g/mol. The maximum Gasteiger partial charge on any atom is 0.407 e. The van der Waals surface area contributed by atoms with Gasteiger partial charge in [0.05, 0.1) is 5.92 Å². The summed E-state index contributed by atoms with van der Waals surface area (Å²) >= 11 is 0. The van der Waals surface area contributed by atoms with Crippen molar-refractivity contribution in [3.05, 3.63) is 0 Å². The van der Waals surface area contributed by atoms with E-state index in [9.17, 15) is 14.7 Å². The maximum atomic E-state index is 11.7. The normalized spacial score (nSPS) is 34.4. The lowest BCUT2D eigenvalue weighted by molar-refractivity contribution is -0.144. The van der Waals surface area contributed by atoms with Crippen molar-refractivity contribution < 1.29 is 19.4 Å². The van der Waals surface area contributed by atoms with E-state index in [-0.39, 0.29) is 12.0 Å². The van der Waals surface area contributed by atoms with Crippen LogP contribution >= 0.6 is 0 Å². The van der Waals surface area contributed by atoms with Gasteiger partial charge in [-0.15, -0.1) is 0 Å². The smallest absolute Gasteiger partial charge is 0.407 e. The molecule has 18 heavy (non-hydrogen) atoms. The number of alkyl carbamates (subject to hydrolysis) is 1. The van der Waals surface area contributed by atoms with E-state index in [1.807, 2.05) is 0 Å². The minimum Gasteiger partial charge on any atom is -0.481 e. The summed E-state index contributed by atoms with van der Waals surface area (Å²) in [4.78, 5) is 23.0. The Morgan fingerprint density at radius 3 is 2.39 bits per heavy atom. The second-order valence-corrected chi connectivity index (χ2v) is 6.37. The highest BCUT2D eigenvalue weighted by molar-refractivity contribution is 5.75. The Morgan fingerprint density at radius 1 is 1.22 bits per heavy atom. The van der Waals surface area contributed by atoms with Gasteiger partial charge in [-0.2, -0.15) is 0 Å². The highest BCUT2D eigenvalue weighted by atomic mass is 16.6. The molecule has 0 saturated heterocycles. The Kier molecular flexibility index (Phi) is 3.25. The zero-order valence-corrected chi connectivity index (χ0v) is 11.1. The zero-order valence-electron chi connectivity index (χ0n) is 11.1. The minimum atomic E-state index is -0.803. The fourth-order valence-electron chi connectivity index (χ4n) is 3.30. The number of hydrogen-bond acceptors (Lipinski definition) is 3. The molecule has 2 aliphatic carbocycles. The lowest BCUT2D eigenvalue weighted by Gasteiger charge is -2.30. The summed E-state index contributed by atoms with van der Waals surface area (Å²) < 4.78 is 5.19. The summed E-state index contributed by atoms with van der Waals surface area (Å²) in [7, 11) is 0. The molecule has 0 aromatic heterocycles. The van der Waals surface area contributed by atoms with Gasteiger partial charge < -0.3 is 15.2 Å². The van der Waals surface area contributed by atoms with Crippen molar-refractivity contribution in [1.29, 1.82) is 0 Å². The summed E-state index contributed by atoms with van der Waals surface area (Å²) in [5.41, 5.74) is -0.555. The first-order chi connectivity index (χ1) is 8.28. The average Bonchev–Trinajstić information content (AvgIpc) is 2.73. The third-order valence-corrected chi connectivity index (χ3v) is 3.88. The molecular formula is C13H21NO4. The molecule has 4 atom stereocenters. The van der Waals surface area contributed by atoms with Crippen LogP contribution in [-0.4, -0.2) is 28.8 Å². The number of carbonyl (C=O) groups is 2. The highest BCUT2D eigenvalue weighted by Gasteiger charge is 2.51. The molecule has 0 heterocycles. The Hall–Kier alpha value is -1.26. The Bertz CT molecular complexity index is 360. The number of hydrogen-bond donors (Lipinski definition) is 2. The first kappa shape index (κ1) is 13.2. The molecule has 102 valence electrons. The van der Waals surface area contributed by atoms with Crippen LogP contribution in [0.3, 0.4) is 0 Å². The predicted molar refractivity (Wildman–Crippen MR) is 65.1 cm³/mol. The van der Waals surface area contributed by atoms with E-state index in [1.54, 1.807) is 20.8 Å². The van der Waals surface area contributed by atoms with Crippen LogP contribution in [0.15, 0.2) is 0 Å². The van der Waals surface area contributed by atoms with E-state index in [2.05, 4.69) is 5.32 Å². The van der Waals surface area contributed by atoms with E-state index >= 15 is 0 Å². The zero-order chi connectivity index (χ0) is 13.5. The fraction of sp³-hybridized carbons (Fsp3) is 0.846. The van der Waals surface area contributed by atoms with Gasteiger partial charge in [0.25, 0.3) is 0 Å². The number of carbonyl (C=O) groups excluding carboxylic acids is 1. The molecule has 2 fully saturated rings. The summed E-state index contributed by atoms with van der Waals surface area (Å²) in [5, 5.41) is 12.0. The fourth-order valence-corrected chi connectivity index (χ4v) is 3.30. The molecule has 2 N–H and O–H groups in total. The molecule has 2 bridgehead atoms. The van der Waals surface area contributed by atoms with Crippen molar-refractivity contribution in [1.82, 2.24) is 5.32 Å². The second-order valence-electron chi connectivity index (χ2n) is 6.37. The first-order valence-corrected chi connectivity index (χ1v) is 6.50. The summed E-state index contributed by atoms with van der Waals surface area (Å²) in [6.45, 7) is 5.38. The lowest BCUT2D eigenvalue weighted by Crippen LogP contribution is -2.48. The van der Waals surface area contributed by atoms with Crippen LogP contribution in [0.2, 0.25) is 0 Å². The maximum absolute atomic E-state index is 11.7. The standard InChI is InChI=1S/C13H21NO4/c1-13(2,3)18-12(17)14-10-8-5-4-7(6-8)9(10)11(15)16/h7-10H,4-6H2,1-3H3,(H,14,17)(H,15,16)/t7?,8?,9-,10+/m1/s1. The van der Waals surface area contributed by atoms with Crippen LogP contribution in [0.1, 0.15) is 40.0 Å². The van der Waals surface area contributed by atoms with Crippen molar-refractivity contribution in [3.8, 4) is 0 Å². The average molecular weight is 255 g/mol. The van der Waals surface area contributed by atoms with Gasteiger partial charge in [-0.25, -0.2) is 4.79 Å². The predicted octanol–water partition coefficient (Wildman–Crippen LogP) is 2.01. The van der Waals surface area contributed by atoms with Gasteiger partial charge in [0.2, 0.25) is 0 Å². The van der Waals surface area contributed by atoms with Gasteiger partial charge in [0.15, 0.2) is 0 Å². The molecule has 5 heteroatoms. The van der Waals surface area contributed by atoms with Crippen LogP contribution in [0.4, 0.5) is 4.79 Å². The Labute approximate surface area is 107 Å². The third kappa shape index (κ3) is 2.60. The number of fused-ring (bicyclic) bond motifs is 2. The molecule has 5 nitrogen and oxygen atoms in total. The molecule has 1 amide bonds. The Morgan fingerprint density at radius 2 is 1.83 bits per heavy atom. The number of amides is 1. The van der Waals surface area contributed by atoms with E-state index in [4.69, 9.17) is 4.74 Å². The molecule has 2 rings (SSSR count). The first-order valence-electron chi connectivity index (χ1n) is 6.50. The van der Waals surface area contributed by atoms with Gasteiger partial charge in [0.1, 0.15) is 5.60 Å². The van der Waals surface area contributed by atoms with E-state index in [1.165, 1.54) is 0 Å². The molecule has 2 unspecified atom stereocenters. The molecule has 0 aromatic carbocycles. The SMILES string of the molecule is CC(C)(C)OC(=O)N[C@H]1C2CCC(C2)[C@H]1C(=O)O. The van der Waals surface area contributed by atoms with E-state index in [0.717, 1.165) is 19.3 Å². The number of aliphatic carboxylic acids is 1. The summed E-state index contributed by atoms with van der Waals surface area (Å²) in [6, 6.07) is -0.268. The van der Waals surface area contributed by atoms with Gasteiger partial charge in [0, 0.05) is 6.04 Å². The van der Waals surface area contributed by atoms with Gasteiger partial charge in [-0.1, -0.05) is 0 Å². The van der Waals surface area contributed by atoms with Crippen molar-refractivity contribution in [3.63, 3.8) is 0 Å². The summed E-state index contributed by atoms with van der Waals surface area (Å²) in [6.07, 6.45) is 2.38. The molecule has 2 saturated carbocycles. The number of carboxylic acid groups (broad SMARTS) is 1. The van der Waals surface area contributed by atoms with E-state index < -0.39 is 23.6 Å². The quantitative estimate of drug-likeness (QED) is 0.791. The van der Waals surface area contributed by atoms with Gasteiger partial charge in [-0.05, 0) is 51.9 Å². The van der Waals surface area contributed by atoms with Crippen molar-refractivity contribution in [2.45, 2.75) is 51.7 Å². The van der Waals surface area contributed by atoms with Crippen molar-refractivity contribution in [2.75, 3.05) is 0 Å². The lowest BCUT2D eigenvalue weighted by atomic mass is 9.84. The molecule has 0 radical (unpaired) electrons. The number of nitrogens with one attached hydrogen (secondary N) is 1. The molecule has 2 aliphatic rings. The molecule has 0 aliphatic heterocycles. The van der Waals surface area contributed by atoms with Crippen LogP contribution in [0.25, 0.3) is 0 Å². The Balaban J connectivity index is 2.00. The second kappa shape index (κ2) is 4.44. The van der Waals surface area contributed by atoms with Crippen LogP contribution in [0.5, 0.6) is 0 Å². The summed E-state index contributed by atoms with van der Waals surface area (Å²) in [5.74, 6) is -0.740. The topological polar surface area (TPSA) is 75.6 Å². The molecule has 0 spiro atoms. The molecule has 0 aromatic rings. The van der Waals surface area contributed by atoms with Crippen LogP contribution < -0.4 is 5.32 Å². The van der Waals surface area contributed by atoms with Crippen LogP contribution in [-0.2, 0) is 9.53 Å². The largest absolute Gasteiger partial charge is 0.481 e. The third-order valence-electron chi connectivity index (χ3n) is 3.88. The van der Waals surface area contributed by atoms with Gasteiger partial charge in [-0.3, -0.25) is 4.79 Å². The van der Waals surface area contributed by atoms with Gasteiger partial charge >= 0.3 is 12.1 Å².